The second kappa shape index (κ2) is 2.65. The normalized spacial score (nSPS) is 14.9. The van der Waals surface area contributed by atoms with Crippen LogP contribution >= 0.6 is 0 Å². The number of hydrogen-bond donors (Lipinski definition) is 3. The zero-order chi connectivity index (χ0) is 9.42. The van der Waals surface area contributed by atoms with E-state index in [0.717, 1.165) is 5.56 Å². The van der Waals surface area contributed by atoms with Crippen molar-refractivity contribution in [2.45, 2.75) is 12.8 Å². The van der Waals surface area contributed by atoms with Crippen LogP contribution in [0, 0.1) is 0 Å². The van der Waals surface area contributed by atoms with Crippen molar-refractivity contribution < 1.29 is 9.90 Å². The standard InChI is InChI=1S/C9H10N2O2/c10-6-2-3-7(12)9-5(6)1-4-8(13)11-9/h2-3,12H,1,4,10H2,(H,11,13). The highest BCUT2D eigenvalue weighted by Crippen LogP contribution is 2.35. The summed E-state index contributed by atoms with van der Waals surface area (Å²) in [6.45, 7) is 0. The van der Waals surface area contributed by atoms with Gasteiger partial charge in [0, 0.05) is 17.7 Å². The molecule has 1 amide bonds. The Hall–Kier alpha value is -1.71. The third-order valence-electron chi connectivity index (χ3n) is 2.19. The Morgan fingerprint density at radius 1 is 1.38 bits per heavy atom. The fourth-order valence-corrected chi connectivity index (χ4v) is 1.50. The van der Waals surface area contributed by atoms with Gasteiger partial charge in [-0.05, 0) is 18.6 Å². The van der Waals surface area contributed by atoms with Gasteiger partial charge in [0.2, 0.25) is 5.91 Å². The number of phenolic OH excluding ortho intramolecular Hbond substituents is 1. The van der Waals surface area contributed by atoms with Gasteiger partial charge in [-0.3, -0.25) is 4.79 Å². The van der Waals surface area contributed by atoms with Gasteiger partial charge in [0.1, 0.15) is 5.75 Å². The van der Waals surface area contributed by atoms with E-state index in [4.69, 9.17) is 5.73 Å². The molecular weight excluding hydrogens is 168 g/mol. The summed E-state index contributed by atoms with van der Waals surface area (Å²) < 4.78 is 0. The average molecular weight is 178 g/mol. The van der Waals surface area contributed by atoms with Crippen LogP contribution in [-0.2, 0) is 11.2 Å². The molecule has 0 unspecified atom stereocenters. The molecule has 0 fully saturated rings. The largest absolute Gasteiger partial charge is 0.506 e. The highest BCUT2D eigenvalue weighted by molar-refractivity contribution is 5.97. The third-order valence-corrected chi connectivity index (χ3v) is 2.19. The molecule has 0 saturated carbocycles. The number of amides is 1. The smallest absolute Gasteiger partial charge is 0.224 e. The van der Waals surface area contributed by atoms with Crippen molar-refractivity contribution in [2.75, 3.05) is 11.1 Å². The zero-order valence-electron chi connectivity index (χ0n) is 7.00. The van der Waals surface area contributed by atoms with Crippen LogP contribution in [0.1, 0.15) is 12.0 Å². The number of benzene rings is 1. The van der Waals surface area contributed by atoms with E-state index in [1.165, 1.54) is 6.07 Å². The van der Waals surface area contributed by atoms with Gasteiger partial charge >= 0.3 is 0 Å². The molecule has 4 heteroatoms. The molecule has 1 aliphatic rings. The van der Waals surface area contributed by atoms with Gasteiger partial charge in [-0.25, -0.2) is 0 Å². The maximum absolute atomic E-state index is 11.0. The number of phenols is 1. The molecule has 0 aromatic heterocycles. The number of fused-ring (bicyclic) bond motifs is 1. The number of carbonyl (C=O) groups excluding carboxylic acids is 1. The van der Waals surface area contributed by atoms with Crippen LogP contribution in [0.15, 0.2) is 12.1 Å². The summed E-state index contributed by atoms with van der Waals surface area (Å²) >= 11 is 0. The molecule has 1 aromatic rings. The van der Waals surface area contributed by atoms with Crippen molar-refractivity contribution >= 4 is 17.3 Å². The number of aromatic hydroxyl groups is 1. The van der Waals surface area contributed by atoms with Crippen LogP contribution in [0.5, 0.6) is 5.75 Å². The van der Waals surface area contributed by atoms with E-state index in [1.807, 2.05) is 0 Å². The van der Waals surface area contributed by atoms with Crippen LogP contribution in [-0.4, -0.2) is 11.0 Å². The average Bonchev–Trinajstić information content (AvgIpc) is 2.12. The van der Waals surface area contributed by atoms with E-state index in [9.17, 15) is 9.90 Å². The minimum absolute atomic E-state index is 0.0756. The molecule has 68 valence electrons. The maximum atomic E-state index is 11.0. The molecule has 2 rings (SSSR count). The Morgan fingerprint density at radius 3 is 2.92 bits per heavy atom. The van der Waals surface area contributed by atoms with E-state index in [2.05, 4.69) is 5.32 Å². The summed E-state index contributed by atoms with van der Waals surface area (Å²) in [5, 5.41) is 12.0. The molecule has 13 heavy (non-hydrogen) atoms. The van der Waals surface area contributed by atoms with Crippen LogP contribution in [0.3, 0.4) is 0 Å². The van der Waals surface area contributed by atoms with Gasteiger partial charge in [-0.2, -0.15) is 0 Å². The minimum Gasteiger partial charge on any atom is -0.506 e. The van der Waals surface area contributed by atoms with Crippen LogP contribution in [0.25, 0.3) is 0 Å². The maximum Gasteiger partial charge on any atom is 0.224 e. The highest BCUT2D eigenvalue weighted by Gasteiger charge is 2.19. The van der Waals surface area contributed by atoms with Crippen molar-refractivity contribution in [3.63, 3.8) is 0 Å². The SMILES string of the molecule is Nc1ccc(O)c2c1CCC(=O)N2. The lowest BCUT2D eigenvalue weighted by Crippen LogP contribution is -2.19. The molecule has 0 atom stereocenters. The molecule has 0 spiro atoms. The summed E-state index contributed by atoms with van der Waals surface area (Å²) in [5.41, 5.74) is 7.61. The van der Waals surface area contributed by atoms with Crippen molar-refractivity contribution in [1.29, 1.82) is 0 Å². The molecule has 4 nitrogen and oxygen atoms in total. The van der Waals surface area contributed by atoms with Crippen LogP contribution in [0.4, 0.5) is 11.4 Å². The Kier molecular flexibility index (Phi) is 1.62. The first kappa shape index (κ1) is 7.91. The first-order valence-electron chi connectivity index (χ1n) is 4.08. The van der Waals surface area contributed by atoms with Crippen molar-refractivity contribution in [2.24, 2.45) is 0 Å². The third kappa shape index (κ3) is 1.20. The number of nitrogen functional groups attached to an aromatic ring is 1. The second-order valence-corrected chi connectivity index (χ2v) is 3.08. The molecule has 0 radical (unpaired) electrons. The van der Waals surface area contributed by atoms with Crippen LogP contribution in [0.2, 0.25) is 0 Å². The summed E-state index contributed by atoms with van der Waals surface area (Å²) in [7, 11) is 0. The molecule has 1 aliphatic heterocycles. The number of rotatable bonds is 0. The van der Waals surface area contributed by atoms with Gasteiger partial charge < -0.3 is 16.2 Å². The lowest BCUT2D eigenvalue weighted by molar-refractivity contribution is -0.116. The molecule has 4 N–H and O–H groups in total. The minimum atomic E-state index is -0.0756. The van der Waals surface area contributed by atoms with Crippen molar-refractivity contribution in [3.05, 3.63) is 17.7 Å². The van der Waals surface area contributed by atoms with Crippen molar-refractivity contribution in [1.82, 2.24) is 0 Å². The summed E-state index contributed by atoms with van der Waals surface area (Å²) in [4.78, 5) is 11.0. The zero-order valence-corrected chi connectivity index (χ0v) is 7.00. The lowest BCUT2D eigenvalue weighted by Gasteiger charge is -2.19. The molecule has 1 aromatic carbocycles. The Labute approximate surface area is 75.4 Å². The quantitative estimate of drug-likeness (QED) is 0.313. The van der Waals surface area contributed by atoms with Gasteiger partial charge in [-0.15, -0.1) is 0 Å². The number of nitrogens with one attached hydrogen (secondary N) is 1. The number of carbonyl (C=O) groups is 1. The Morgan fingerprint density at radius 2 is 2.15 bits per heavy atom. The second-order valence-electron chi connectivity index (χ2n) is 3.08. The van der Waals surface area contributed by atoms with E-state index in [-0.39, 0.29) is 11.7 Å². The van der Waals surface area contributed by atoms with Gasteiger partial charge in [-0.1, -0.05) is 0 Å². The highest BCUT2D eigenvalue weighted by atomic mass is 16.3. The molecule has 0 saturated heterocycles. The Balaban J connectivity index is 2.57. The van der Waals surface area contributed by atoms with Crippen molar-refractivity contribution in [3.8, 4) is 5.75 Å². The molecule has 0 aliphatic carbocycles. The van der Waals surface area contributed by atoms with Crippen LogP contribution < -0.4 is 11.1 Å². The molecule has 0 bridgehead atoms. The van der Waals surface area contributed by atoms with E-state index in [0.29, 0.717) is 24.2 Å². The first-order chi connectivity index (χ1) is 6.18. The predicted molar refractivity (Wildman–Crippen MR) is 49.5 cm³/mol. The van der Waals surface area contributed by atoms with Gasteiger partial charge in [0.25, 0.3) is 0 Å². The fourth-order valence-electron chi connectivity index (χ4n) is 1.50. The molecular formula is C9H10N2O2. The summed E-state index contributed by atoms with van der Waals surface area (Å²) in [6, 6.07) is 3.13. The topological polar surface area (TPSA) is 75.3 Å². The van der Waals surface area contributed by atoms with Gasteiger partial charge in [0.15, 0.2) is 0 Å². The monoisotopic (exact) mass is 178 g/mol. The predicted octanol–water partition coefficient (Wildman–Crippen LogP) is 0.859. The van der Waals surface area contributed by atoms with Gasteiger partial charge in [0.05, 0.1) is 5.69 Å². The van der Waals surface area contributed by atoms with E-state index >= 15 is 0 Å². The van der Waals surface area contributed by atoms with E-state index in [1.54, 1.807) is 6.07 Å². The number of hydrogen-bond acceptors (Lipinski definition) is 3. The summed E-state index contributed by atoms with van der Waals surface area (Å²) in [5.74, 6) is 0.00523. The lowest BCUT2D eigenvalue weighted by atomic mass is 10.0. The first-order valence-corrected chi connectivity index (χ1v) is 4.08. The number of nitrogens with two attached hydrogens (primary N) is 1. The molecule has 1 heterocycles. The fraction of sp³-hybridized carbons (Fsp3) is 0.222. The summed E-state index contributed by atoms with van der Waals surface area (Å²) in [6.07, 6.45) is 1.03. The number of anilines is 2. The van der Waals surface area contributed by atoms with E-state index < -0.39 is 0 Å². The Bertz CT molecular complexity index is 374.